The zero-order chi connectivity index (χ0) is 17.5. The van der Waals surface area contributed by atoms with E-state index in [1.165, 1.54) is 6.07 Å². The molecule has 0 aromatic heterocycles. The maximum absolute atomic E-state index is 14.4. The molecule has 0 saturated heterocycles. The molecule has 25 heavy (non-hydrogen) atoms. The van der Waals surface area contributed by atoms with Gasteiger partial charge in [0, 0.05) is 23.8 Å². The van der Waals surface area contributed by atoms with Crippen LogP contribution in [0.4, 0.5) is 20.6 Å². The molecule has 0 fully saturated rings. The number of nitrogens with one attached hydrogen (secondary N) is 1. The number of thioether (sulfide) groups is 1. The van der Waals surface area contributed by atoms with Gasteiger partial charge in [0.2, 0.25) is 0 Å². The first kappa shape index (κ1) is 17.1. The molecule has 4 nitrogen and oxygen atoms in total. The van der Waals surface area contributed by atoms with E-state index in [0.717, 1.165) is 11.3 Å². The molecule has 1 N–H and O–H groups in total. The van der Waals surface area contributed by atoms with E-state index in [2.05, 4.69) is 5.32 Å². The summed E-state index contributed by atoms with van der Waals surface area (Å²) >= 11 is 1.63. The first-order chi connectivity index (χ1) is 12.2. The first-order valence-corrected chi connectivity index (χ1v) is 8.78. The van der Waals surface area contributed by atoms with Gasteiger partial charge >= 0.3 is 6.09 Å². The molecule has 1 aliphatic heterocycles. The van der Waals surface area contributed by atoms with Crippen molar-refractivity contribution in [2.75, 3.05) is 16.0 Å². The predicted octanol–water partition coefficient (Wildman–Crippen LogP) is 5.11. The van der Waals surface area contributed by atoms with Gasteiger partial charge in [-0.2, -0.15) is 0 Å². The highest BCUT2D eigenvalue weighted by Crippen LogP contribution is 2.25. The summed E-state index contributed by atoms with van der Waals surface area (Å²) in [6.45, 7) is 0.161. The van der Waals surface area contributed by atoms with Crippen LogP contribution in [0.15, 0.2) is 72.4 Å². The summed E-state index contributed by atoms with van der Waals surface area (Å²) in [5.74, 6) is 0.420. The van der Waals surface area contributed by atoms with Crippen molar-refractivity contribution in [2.45, 2.75) is 6.61 Å². The van der Waals surface area contributed by atoms with E-state index in [1.807, 2.05) is 48.0 Å². The molecule has 0 unspecified atom stereocenters. The van der Waals surface area contributed by atoms with Crippen molar-refractivity contribution >= 4 is 29.2 Å². The number of hydrogen-bond donors (Lipinski definition) is 1. The van der Waals surface area contributed by atoms with Crippen LogP contribution in [0.5, 0.6) is 0 Å². The maximum Gasteiger partial charge on any atom is 0.411 e. The highest BCUT2D eigenvalue weighted by atomic mass is 32.2. The van der Waals surface area contributed by atoms with Gasteiger partial charge in [0.15, 0.2) is 0 Å². The Morgan fingerprint density at radius 3 is 2.84 bits per heavy atom. The molecule has 1 amide bonds. The van der Waals surface area contributed by atoms with Crippen LogP contribution in [0, 0.1) is 5.82 Å². The summed E-state index contributed by atoms with van der Waals surface area (Å²) in [4.78, 5) is 13.5. The summed E-state index contributed by atoms with van der Waals surface area (Å²) in [7, 11) is 0. The Labute approximate surface area is 150 Å². The van der Waals surface area contributed by atoms with Gasteiger partial charge in [-0.15, -0.1) is 11.8 Å². The predicted molar refractivity (Wildman–Crippen MR) is 99.9 cm³/mol. The van der Waals surface area contributed by atoms with Gasteiger partial charge in [-0.3, -0.25) is 5.32 Å². The molecule has 1 heterocycles. The lowest BCUT2D eigenvalue weighted by Crippen LogP contribution is -2.14. The molecule has 3 rings (SSSR count). The standard InChI is InChI=1S/C19H17FN2O2S/c20-17-13-16(7-8-18(17)22-9-4-11-25-12-10-22)21-19(23)24-14-15-5-2-1-3-6-15/h1-10,12-13H,11,14H2,(H,21,23). The van der Waals surface area contributed by atoms with Gasteiger partial charge in [-0.05, 0) is 29.2 Å². The van der Waals surface area contributed by atoms with Crippen molar-refractivity contribution in [1.29, 1.82) is 0 Å². The third kappa shape index (κ3) is 4.87. The number of ether oxygens (including phenoxy) is 1. The third-order valence-electron chi connectivity index (χ3n) is 3.46. The lowest BCUT2D eigenvalue weighted by Gasteiger charge is -2.16. The van der Waals surface area contributed by atoms with Crippen LogP contribution in [-0.2, 0) is 11.3 Å². The van der Waals surface area contributed by atoms with Gasteiger partial charge in [0.05, 0.1) is 5.69 Å². The van der Waals surface area contributed by atoms with E-state index in [4.69, 9.17) is 4.74 Å². The Morgan fingerprint density at radius 1 is 1.20 bits per heavy atom. The van der Waals surface area contributed by atoms with Gasteiger partial charge in [-0.25, -0.2) is 9.18 Å². The monoisotopic (exact) mass is 356 g/mol. The van der Waals surface area contributed by atoms with Crippen LogP contribution in [0.1, 0.15) is 5.56 Å². The third-order valence-corrected chi connectivity index (χ3v) is 4.16. The van der Waals surface area contributed by atoms with Crippen LogP contribution in [0.2, 0.25) is 0 Å². The zero-order valence-corrected chi connectivity index (χ0v) is 14.2. The van der Waals surface area contributed by atoms with E-state index < -0.39 is 11.9 Å². The fourth-order valence-electron chi connectivity index (χ4n) is 2.26. The van der Waals surface area contributed by atoms with Gasteiger partial charge < -0.3 is 9.64 Å². The van der Waals surface area contributed by atoms with Crippen molar-refractivity contribution in [1.82, 2.24) is 0 Å². The summed E-state index contributed by atoms with van der Waals surface area (Å²) in [6.07, 6.45) is 4.95. The maximum atomic E-state index is 14.4. The number of halogens is 1. The van der Waals surface area contributed by atoms with Crippen molar-refractivity contribution in [3.8, 4) is 0 Å². The minimum Gasteiger partial charge on any atom is -0.444 e. The van der Waals surface area contributed by atoms with Gasteiger partial charge in [0.1, 0.15) is 12.4 Å². The number of anilines is 2. The molecule has 0 aliphatic carbocycles. The molecule has 0 radical (unpaired) electrons. The van der Waals surface area contributed by atoms with Crippen LogP contribution in [0.3, 0.4) is 0 Å². The highest BCUT2D eigenvalue weighted by Gasteiger charge is 2.11. The lowest BCUT2D eigenvalue weighted by molar-refractivity contribution is 0.155. The number of nitrogens with zero attached hydrogens (tertiary/aromatic N) is 1. The second-order valence-corrected chi connectivity index (χ2v) is 6.20. The lowest BCUT2D eigenvalue weighted by atomic mass is 10.2. The molecule has 2 aromatic carbocycles. The topological polar surface area (TPSA) is 41.6 Å². The van der Waals surface area contributed by atoms with E-state index in [-0.39, 0.29) is 6.61 Å². The van der Waals surface area contributed by atoms with Crippen molar-refractivity contribution in [3.63, 3.8) is 0 Å². The number of benzene rings is 2. The Bertz CT molecular complexity index is 779. The first-order valence-electron chi connectivity index (χ1n) is 7.73. The average Bonchev–Trinajstić information content (AvgIpc) is 2.90. The Kier molecular flexibility index (Phi) is 5.74. The molecular weight excluding hydrogens is 339 g/mol. The molecule has 1 aliphatic rings. The number of carbonyl (C=O) groups is 1. The highest BCUT2D eigenvalue weighted by molar-refractivity contribution is 8.02. The average molecular weight is 356 g/mol. The second-order valence-electron chi connectivity index (χ2n) is 5.26. The van der Waals surface area contributed by atoms with Crippen molar-refractivity contribution < 1.29 is 13.9 Å². The Hall–Kier alpha value is -2.73. The molecule has 0 bridgehead atoms. The Balaban J connectivity index is 1.61. The van der Waals surface area contributed by atoms with Crippen molar-refractivity contribution in [3.05, 3.63) is 83.8 Å². The van der Waals surface area contributed by atoms with E-state index >= 15 is 0 Å². The van der Waals surface area contributed by atoms with E-state index in [9.17, 15) is 9.18 Å². The van der Waals surface area contributed by atoms with Crippen molar-refractivity contribution in [2.24, 2.45) is 0 Å². The van der Waals surface area contributed by atoms with Gasteiger partial charge in [0.25, 0.3) is 0 Å². The van der Waals surface area contributed by atoms with Crippen LogP contribution in [-0.4, -0.2) is 11.8 Å². The van der Waals surface area contributed by atoms with Gasteiger partial charge in [-0.1, -0.05) is 36.4 Å². The summed E-state index contributed by atoms with van der Waals surface area (Å²) in [6, 6.07) is 13.9. The Morgan fingerprint density at radius 2 is 2.04 bits per heavy atom. The number of hydrogen-bond acceptors (Lipinski definition) is 4. The fraction of sp³-hybridized carbons (Fsp3) is 0.105. The SMILES string of the molecule is O=C(Nc1ccc(N2C=CCSC=C2)c(F)c1)OCc1ccccc1. The summed E-state index contributed by atoms with van der Waals surface area (Å²) in [5.41, 5.74) is 1.64. The summed E-state index contributed by atoms with van der Waals surface area (Å²) in [5, 5.41) is 4.44. The van der Waals surface area contributed by atoms with Crippen LogP contribution < -0.4 is 10.2 Å². The second kappa shape index (κ2) is 8.39. The molecule has 128 valence electrons. The fourth-order valence-corrected chi connectivity index (χ4v) is 2.78. The minimum atomic E-state index is -0.623. The number of carbonyl (C=O) groups excluding carboxylic acids is 1. The number of rotatable bonds is 4. The smallest absolute Gasteiger partial charge is 0.411 e. The minimum absolute atomic E-state index is 0.161. The zero-order valence-electron chi connectivity index (χ0n) is 13.4. The molecule has 0 atom stereocenters. The van der Waals surface area contributed by atoms with Crippen LogP contribution >= 0.6 is 11.8 Å². The molecule has 0 spiro atoms. The molecule has 2 aromatic rings. The molecule has 6 heteroatoms. The quantitative estimate of drug-likeness (QED) is 0.826. The normalized spacial score (nSPS) is 13.4. The van der Waals surface area contributed by atoms with E-state index in [0.29, 0.717) is 11.4 Å². The summed E-state index contributed by atoms with van der Waals surface area (Å²) < 4.78 is 19.5. The molecular formula is C19H17FN2O2S. The van der Waals surface area contributed by atoms with Crippen LogP contribution in [0.25, 0.3) is 0 Å². The van der Waals surface area contributed by atoms with E-state index in [1.54, 1.807) is 35.0 Å². The largest absolute Gasteiger partial charge is 0.444 e. The molecule has 0 saturated carbocycles. The number of amides is 1.